The lowest BCUT2D eigenvalue weighted by Gasteiger charge is -2.13. The summed E-state index contributed by atoms with van der Waals surface area (Å²) in [7, 11) is 0. The van der Waals surface area contributed by atoms with Crippen LogP contribution in [0, 0.1) is 29.6 Å². The lowest BCUT2D eigenvalue weighted by Crippen LogP contribution is -2.20. The van der Waals surface area contributed by atoms with E-state index in [1.807, 2.05) is 20.8 Å². The highest BCUT2D eigenvalue weighted by Gasteiger charge is 2.61. The van der Waals surface area contributed by atoms with Crippen molar-refractivity contribution in [3.63, 3.8) is 0 Å². The summed E-state index contributed by atoms with van der Waals surface area (Å²) in [6, 6.07) is 0. The van der Waals surface area contributed by atoms with Crippen LogP contribution in [-0.4, -0.2) is 17.9 Å². The zero-order valence-corrected chi connectivity index (χ0v) is 14.0. The summed E-state index contributed by atoms with van der Waals surface area (Å²) in [6.45, 7) is 10.1. The number of hydrogen-bond donors (Lipinski definition) is 0. The molecule has 0 bridgehead atoms. The van der Waals surface area contributed by atoms with E-state index in [0.29, 0.717) is 12.0 Å². The van der Waals surface area contributed by atoms with Crippen molar-refractivity contribution in [2.75, 3.05) is 0 Å². The number of esters is 1. The van der Waals surface area contributed by atoms with Crippen molar-refractivity contribution in [3.05, 3.63) is 22.8 Å². The number of carbonyl (C=O) groups is 2. The molecule has 0 amide bonds. The molecule has 0 aliphatic heterocycles. The van der Waals surface area contributed by atoms with E-state index in [-0.39, 0.29) is 35.4 Å². The number of hydrogen-bond acceptors (Lipinski definition) is 3. The molecule has 2 aliphatic rings. The molecule has 2 rings (SSSR count). The van der Waals surface area contributed by atoms with Crippen molar-refractivity contribution in [2.24, 2.45) is 17.3 Å². The number of terminal acetylenes is 1. The normalized spacial score (nSPS) is 29.1. The highest BCUT2D eigenvalue weighted by atomic mass is 16.5. The van der Waals surface area contributed by atoms with Crippen molar-refractivity contribution in [1.82, 2.24) is 0 Å². The van der Waals surface area contributed by atoms with Crippen LogP contribution in [0.5, 0.6) is 0 Å². The van der Waals surface area contributed by atoms with Gasteiger partial charge in [0.25, 0.3) is 0 Å². The largest absolute Gasteiger partial charge is 0.457 e. The molecule has 0 aromatic rings. The number of allylic oxidation sites excluding steroid dienone is 3. The maximum atomic E-state index is 12.5. The first-order valence-corrected chi connectivity index (χ1v) is 7.72. The van der Waals surface area contributed by atoms with E-state index in [9.17, 15) is 9.59 Å². The van der Waals surface area contributed by atoms with Gasteiger partial charge in [-0.05, 0) is 37.7 Å². The molecule has 0 saturated heterocycles. The Kier molecular flexibility index (Phi) is 4.33. The Balaban J connectivity index is 2.07. The summed E-state index contributed by atoms with van der Waals surface area (Å²) < 4.78 is 5.63. The average molecular weight is 300 g/mol. The van der Waals surface area contributed by atoms with Gasteiger partial charge < -0.3 is 4.74 Å². The van der Waals surface area contributed by atoms with Gasteiger partial charge >= 0.3 is 5.97 Å². The molecule has 1 fully saturated rings. The highest BCUT2D eigenvalue weighted by molar-refractivity contribution is 6.00. The summed E-state index contributed by atoms with van der Waals surface area (Å²) in [5.41, 5.74) is 2.58. The second kappa shape index (κ2) is 5.76. The molecule has 1 saturated carbocycles. The molecule has 2 aliphatic carbocycles. The Bertz CT molecular complexity index is 609. The lowest BCUT2D eigenvalue weighted by molar-refractivity contribution is -0.150. The molecule has 0 radical (unpaired) electrons. The van der Waals surface area contributed by atoms with Crippen LogP contribution in [0.15, 0.2) is 22.8 Å². The Labute approximate surface area is 132 Å². The molecule has 22 heavy (non-hydrogen) atoms. The average Bonchev–Trinajstić information content (AvgIpc) is 2.83. The van der Waals surface area contributed by atoms with Gasteiger partial charge in [0, 0.05) is 12.0 Å². The SMILES string of the molecule is C#CCC1=C(C)[C@H](OC(=O)[C@H]2[C@@H](C=C(C)C)C2(C)C)CC1=O. The first kappa shape index (κ1) is 16.5. The molecule has 3 heteroatoms. The second-order valence-corrected chi connectivity index (χ2v) is 7.16. The van der Waals surface area contributed by atoms with Crippen molar-refractivity contribution in [1.29, 1.82) is 0 Å². The van der Waals surface area contributed by atoms with Crippen LogP contribution in [-0.2, 0) is 14.3 Å². The van der Waals surface area contributed by atoms with Gasteiger partial charge in [0.15, 0.2) is 5.78 Å². The van der Waals surface area contributed by atoms with Crippen LogP contribution in [0.25, 0.3) is 0 Å². The van der Waals surface area contributed by atoms with Crippen LogP contribution in [0.2, 0.25) is 0 Å². The van der Waals surface area contributed by atoms with E-state index in [1.54, 1.807) is 0 Å². The smallest absolute Gasteiger partial charge is 0.310 e. The van der Waals surface area contributed by atoms with E-state index in [1.165, 1.54) is 5.57 Å². The van der Waals surface area contributed by atoms with E-state index in [2.05, 4.69) is 25.8 Å². The molecule has 0 heterocycles. The molecule has 3 atom stereocenters. The van der Waals surface area contributed by atoms with Crippen molar-refractivity contribution >= 4 is 11.8 Å². The topological polar surface area (TPSA) is 43.4 Å². The quantitative estimate of drug-likeness (QED) is 0.454. The summed E-state index contributed by atoms with van der Waals surface area (Å²) >= 11 is 0. The number of ether oxygens (including phenoxy) is 1. The molecule has 118 valence electrons. The van der Waals surface area contributed by atoms with Crippen LogP contribution in [0.3, 0.4) is 0 Å². The van der Waals surface area contributed by atoms with Crippen LogP contribution in [0.4, 0.5) is 0 Å². The fraction of sp³-hybridized carbons (Fsp3) is 0.579. The molecule has 0 unspecified atom stereocenters. The Morgan fingerprint density at radius 2 is 2.09 bits per heavy atom. The van der Waals surface area contributed by atoms with Crippen molar-refractivity contribution in [3.8, 4) is 12.3 Å². The number of ketones is 1. The van der Waals surface area contributed by atoms with Crippen LogP contribution >= 0.6 is 0 Å². The Hall–Kier alpha value is -1.82. The number of carbonyl (C=O) groups excluding carboxylic acids is 2. The van der Waals surface area contributed by atoms with E-state index >= 15 is 0 Å². The standard InChI is InChI=1S/C19H24O3/c1-7-8-13-12(4)16(10-15(13)20)22-18(21)17-14(9-11(2)3)19(17,5)6/h1,9,14,16-17H,8,10H2,2-6H3/t14-,16-,17-/m1/s1. The minimum atomic E-state index is -0.438. The monoisotopic (exact) mass is 300 g/mol. The predicted molar refractivity (Wildman–Crippen MR) is 85.8 cm³/mol. The zero-order valence-electron chi connectivity index (χ0n) is 14.0. The van der Waals surface area contributed by atoms with Gasteiger partial charge in [0.05, 0.1) is 12.3 Å². The molecular formula is C19H24O3. The number of Topliss-reactive ketones (excluding diaryl/α,β-unsaturated/α-hetero) is 1. The molecule has 0 spiro atoms. The van der Waals surface area contributed by atoms with Gasteiger partial charge in [-0.3, -0.25) is 9.59 Å². The lowest BCUT2D eigenvalue weighted by atomic mass is 10.1. The zero-order chi connectivity index (χ0) is 16.7. The highest BCUT2D eigenvalue weighted by Crippen LogP contribution is 2.60. The third kappa shape index (κ3) is 2.88. The summed E-state index contributed by atoms with van der Waals surface area (Å²) in [5.74, 6) is 2.39. The van der Waals surface area contributed by atoms with Gasteiger partial charge in [-0.1, -0.05) is 25.5 Å². The van der Waals surface area contributed by atoms with E-state index in [4.69, 9.17) is 11.2 Å². The number of rotatable bonds is 4. The van der Waals surface area contributed by atoms with Gasteiger partial charge in [-0.25, -0.2) is 0 Å². The summed E-state index contributed by atoms with van der Waals surface area (Å²) in [6.07, 6.45) is 7.53. The second-order valence-electron chi connectivity index (χ2n) is 7.16. The maximum Gasteiger partial charge on any atom is 0.310 e. The molecular weight excluding hydrogens is 276 g/mol. The molecule has 0 aromatic carbocycles. The fourth-order valence-corrected chi connectivity index (χ4v) is 3.34. The van der Waals surface area contributed by atoms with Crippen molar-refractivity contribution in [2.45, 2.75) is 53.6 Å². The first-order valence-electron chi connectivity index (χ1n) is 7.72. The Morgan fingerprint density at radius 1 is 1.45 bits per heavy atom. The summed E-state index contributed by atoms with van der Waals surface area (Å²) in [4.78, 5) is 24.4. The van der Waals surface area contributed by atoms with Crippen LogP contribution < -0.4 is 0 Å². The minimum absolute atomic E-state index is 0.00385. The van der Waals surface area contributed by atoms with Crippen LogP contribution in [0.1, 0.15) is 47.5 Å². The third-order valence-electron chi connectivity index (χ3n) is 4.88. The Morgan fingerprint density at radius 3 is 2.64 bits per heavy atom. The minimum Gasteiger partial charge on any atom is -0.457 e. The van der Waals surface area contributed by atoms with Crippen molar-refractivity contribution < 1.29 is 14.3 Å². The molecule has 0 N–H and O–H groups in total. The van der Waals surface area contributed by atoms with Gasteiger partial charge in [0.2, 0.25) is 0 Å². The molecule has 0 aromatic heterocycles. The maximum absolute atomic E-state index is 12.5. The third-order valence-corrected chi connectivity index (χ3v) is 4.88. The predicted octanol–water partition coefficient (Wildman–Crippen LogP) is 3.45. The first-order chi connectivity index (χ1) is 10.2. The van der Waals surface area contributed by atoms with E-state index in [0.717, 1.165) is 5.57 Å². The summed E-state index contributed by atoms with van der Waals surface area (Å²) in [5, 5.41) is 0. The van der Waals surface area contributed by atoms with Gasteiger partial charge in [0.1, 0.15) is 6.10 Å². The van der Waals surface area contributed by atoms with E-state index < -0.39 is 6.10 Å². The fourth-order valence-electron chi connectivity index (χ4n) is 3.34. The van der Waals surface area contributed by atoms with Gasteiger partial charge in [-0.15, -0.1) is 12.3 Å². The molecule has 3 nitrogen and oxygen atoms in total. The van der Waals surface area contributed by atoms with Gasteiger partial charge in [-0.2, -0.15) is 0 Å².